The van der Waals surface area contributed by atoms with E-state index in [1.54, 1.807) is 6.20 Å². The van der Waals surface area contributed by atoms with E-state index in [9.17, 15) is 4.79 Å². The average molecular weight is 311 g/mol. The maximum absolute atomic E-state index is 12.0. The molecule has 1 aromatic heterocycles. The quantitative estimate of drug-likeness (QED) is 0.807. The summed E-state index contributed by atoms with van der Waals surface area (Å²) in [6, 6.07) is 12.5. The first-order valence-electron chi connectivity index (χ1n) is 8.11. The molecule has 0 aliphatic rings. The number of anilines is 2. The van der Waals surface area contributed by atoms with Gasteiger partial charge in [-0.05, 0) is 51.3 Å². The van der Waals surface area contributed by atoms with E-state index >= 15 is 0 Å². The molecule has 0 aliphatic heterocycles. The number of hydrogen-bond acceptors (Lipinski definition) is 3. The molecular formula is C19H25N3O. The van der Waals surface area contributed by atoms with Gasteiger partial charge in [-0.25, -0.2) is 4.98 Å². The van der Waals surface area contributed by atoms with Crippen LogP contribution in [0.1, 0.15) is 37.8 Å². The number of benzene rings is 1. The van der Waals surface area contributed by atoms with Gasteiger partial charge in [0.25, 0.3) is 0 Å². The molecule has 23 heavy (non-hydrogen) atoms. The highest BCUT2D eigenvalue weighted by Gasteiger charge is 2.04. The first-order chi connectivity index (χ1) is 11.0. The van der Waals surface area contributed by atoms with Gasteiger partial charge in [0.1, 0.15) is 5.82 Å². The van der Waals surface area contributed by atoms with E-state index in [4.69, 9.17) is 0 Å². The van der Waals surface area contributed by atoms with Crippen LogP contribution in [0, 0.1) is 6.92 Å². The fourth-order valence-corrected chi connectivity index (χ4v) is 2.28. The molecule has 0 saturated heterocycles. The molecular weight excluding hydrogens is 286 g/mol. The first kappa shape index (κ1) is 17.0. The van der Waals surface area contributed by atoms with Gasteiger partial charge in [-0.1, -0.05) is 29.8 Å². The van der Waals surface area contributed by atoms with Crippen LogP contribution in [-0.2, 0) is 11.2 Å². The molecule has 1 aromatic carbocycles. The Labute approximate surface area is 138 Å². The Balaban J connectivity index is 1.75. The monoisotopic (exact) mass is 311 g/mol. The van der Waals surface area contributed by atoms with Gasteiger partial charge in [0.05, 0.1) is 11.9 Å². The van der Waals surface area contributed by atoms with Crippen LogP contribution in [0.15, 0.2) is 42.6 Å². The lowest BCUT2D eigenvalue weighted by atomic mass is 10.1. The molecule has 0 bridgehead atoms. The average Bonchev–Trinajstić information content (AvgIpc) is 2.51. The standard InChI is InChI=1S/C19H25N3O/c1-14(2)21-18-12-11-17(13-20-18)22-19(23)6-4-5-16-9-7-15(3)8-10-16/h7-14H,4-6H2,1-3H3,(H,20,21)(H,22,23). The minimum absolute atomic E-state index is 0.0310. The number of carbonyl (C=O) groups excluding carboxylic acids is 1. The second kappa shape index (κ2) is 8.32. The number of nitrogens with one attached hydrogen (secondary N) is 2. The number of pyridine rings is 1. The summed E-state index contributed by atoms with van der Waals surface area (Å²) < 4.78 is 0. The van der Waals surface area contributed by atoms with E-state index in [0.29, 0.717) is 12.5 Å². The highest BCUT2D eigenvalue weighted by molar-refractivity contribution is 5.90. The minimum atomic E-state index is 0.0310. The van der Waals surface area contributed by atoms with Crippen LogP contribution in [0.25, 0.3) is 0 Å². The van der Waals surface area contributed by atoms with Gasteiger partial charge < -0.3 is 10.6 Å². The number of aryl methyl sites for hydroxylation is 2. The third-order valence-electron chi connectivity index (χ3n) is 3.47. The summed E-state index contributed by atoms with van der Waals surface area (Å²) in [6.45, 7) is 6.20. The van der Waals surface area contributed by atoms with Gasteiger partial charge in [-0.2, -0.15) is 0 Å². The van der Waals surface area contributed by atoms with Gasteiger partial charge in [0.2, 0.25) is 5.91 Å². The molecule has 2 rings (SSSR count). The molecule has 2 N–H and O–H groups in total. The maximum Gasteiger partial charge on any atom is 0.224 e. The smallest absolute Gasteiger partial charge is 0.224 e. The van der Waals surface area contributed by atoms with Crippen molar-refractivity contribution in [2.45, 2.75) is 46.1 Å². The number of nitrogens with zero attached hydrogens (tertiary/aromatic N) is 1. The SMILES string of the molecule is Cc1ccc(CCCC(=O)Nc2ccc(NC(C)C)nc2)cc1. The number of aromatic nitrogens is 1. The van der Waals surface area contributed by atoms with E-state index in [1.807, 2.05) is 12.1 Å². The molecule has 0 fully saturated rings. The Morgan fingerprint density at radius 3 is 2.48 bits per heavy atom. The summed E-state index contributed by atoms with van der Waals surface area (Å²) in [5.74, 6) is 0.848. The summed E-state index contributed by atoms with van der Waals surface area (Å²) in [5.41, 5.74) is 3.27. The molecule has 0 unspecified atom stereocenters. The van der Waals surface area contributed by atoms with Gasteiger partial charge in [0, 0.05) is 12.5 Å². The van der Waals surface area contributed by atoms with E-state index in [-0.39, 0.29) is 5.91 Å². The van der Waals surface area contributed by atoms with E-state index in [2.05, 4.69) is 60.7 Å². The van der Waals surface area contributed by atoms with E-state index in [1.165, 1.54) is 11.1 Å². The Kier molecular flexibility index (Phi) is 6.15. The summed E-state index contributed by atoms with van der Waals surface area (Å²) >= 11 is 0. The molecule has 0 radical (unpaired) electrons. The number of carbonyl (C=O) groups is 1. The van der Waals surface area contributed by atoms with Crippen molar-refractivity contribution < 1.29 is 4.79 Å². The van der Waals surface area contributed by atoms with Crippen molar-refractivity contribution in [3.05, 3.63) is 53.7 Å². The number of rotatable bonds is 7. The van der Waals surface area contributed by atoms with Crippen LogP contribution in [0.4, 0.5) is 11.5 Å². The van der Waals surface area contributed by atoms with Crippen molar-refractivity contribution in [1.29, 1.82) is 0 Å². The van der Waals surface area contributed by atoms with Crippen LogP contribution in [0.3, 0.4) is 0 Å². The van der Waals surface area contributed by atoms with Crippen LogP contribution >= 0.6 is 0 Å². The summed E-state index contributed by atoms with van der Waals surface area (Å²) in [7, 11) is 0. The Morgan fingerprint density at radius 2 is 1.87 bits per heavy atom. The van der Waals surface area contributed by atoms with Crippen molar-refractivity contribution in [2.75, 3.05) is 10.6 Å². The zero-order valence-corrected chi connectivity index (χ0v) is 14.1. The lowest BCUT2D eigenvalue weighted by Crippen LogP contribution is -2.13. The largest absolute Gasteiger partial charge is 0.368 e. The maximum atomic E-state index is 12.0. The van der Waals surface area contributed by atoms with Crippen molar-refractivity contribution in [3.63, 3.8) is 0 Å². The summed E-state index contributed by atoms with van der Waals surface area (Å²) in [5, 5.41) is 6.11. The van der Waals surface area contributed by atoms with Crippen molar-refractivity contribution in [1.82, 2.24) is 4.98 Å². The fourth-order valence-electron chi connectivity index (χ4n) is 2.28. The highest BCUT2D eigenvalue weighted by Crippen LogP contribution is 2.12. The van der Waals surface area contributed by atoms with E-state index in [0.717, 1.165) is 24.3 Å². The van der Waals surface area contributed by atoms with Crippen LogP contribution < -0.4 is 10.6 Å². The molecule has 0 spiro atoms. The van der Waals surface area contributed by atoms with Gasteiger partial charge in [-0.15, -0.1) is 0 Å². The Bertz CT molecular complexity index is 618. The highest BCUT2D eigenvalue weighted by atomic mass is 16.1. The lowest BCUT2D eigenvalue weighted by Gasteiger charge is -2.10. The van der Waals surface area contributed by atoms with Crippen LogP contribution in [0.5, 0.6) is 0 Å². The van der Waals surface area contributed by atoms with Gasteiger partial charge >= 0.3 is 0 Å². The Hall–Kier alpha value is -2.36. The third kappa shape index (κ3) is 6.10. The van der Waals surface area contributed by atoms with E-state index < -0.39 is 0 Å². The Morgan fingerprint density at radius 1 is 1.13 bits per heavy atom. The third-order valence-corrected chi connectivity index (χ3v) is 3.47. The zero-order chi connectivity index (χ0) is 16.7. The summed E-state index contributed by atoms with van der Waals surface area (Å²) in [4.78, 5) is 16.2. The molecule has 1 heterocycles. The summed E-state index contributed by atoms with van der Waals surface area (Å²) in [6.07, 6.45) is 3.96. The molecule has 0 aliphatic carbocycles. The van der Waals surface area contributed by atoms with Crippen LogP contribution in [-0.4, -0.2) is 16.9 Å². The molecule has 122 valence electrons. The second-order valence-electron chi connectivity index (χ2n) is 6.12. The van der Waals surface area contributed by atoms with Gasteiger partial charge in [0.15, 0.2) is 0 Å². The predicted molar refractivity (Wildman–Crippen MR) is 95.7 cm³/mol. The van der Waals surface area contributed by atoms with Crippen LogP contribution in [0.2, 0.25) is 0 Å². The van der Waals surface area contributed by atoms with Crippen molar-refractivity contribution >= 4 is 17.4 Å². The van der Waals surface area contributed by atoms with Crippen molar-refractivity contribution in [3.8, 4) is 0 Å². The second-order valence-corrected chi connectivity index (χ2v) is 6.12. The predicted octanol–water partition coefficient (Wildman–Crippen LogP) is 4.17. The topological polar surface area (TPSA) is 54.0 Å². The zero-order valence-electron chi connectivity index (χ0n) is 14.1. The molecule has 4 nitrogen and oxygen atoms in total. The molecule has 2 aromatic rings. The molecule has 0 saturated carbocycles. The van der Waals surface area contributed by atoms with Gasteiger partial charge in [-0.3, -0.25) is 4.79 Å². The lowest BCUT2D eigenvalue weighted by molar-refractivity contribution is -0.116. The van der Waals surface area contributed by atoms with Crippen molar-refractivity contribution in [2.24, 2.45) is 0 Å². The normalized spacial score (nSPS) is 10.6. The number of amides is 1. The first-order valence-corrected chi connectivity index (χ1v) is 8.11. The molecule has 0 atom stereocenters. The minimum Gasteiger partial charge on any atom is -0.368 e. The fraction of sp³-hybridized carbons (Fsp3) is 0.368. The molecule has 4 heteroatoms. The number of hydrogen-bond donors (Lipinski definition) is 2. The molecule has 1 amide bonds.